The second kappa shape index (κ2) is 1.18. The van der Waals surface area contributed by atoms with Crippen LogP contribution >= 0.6 is 0 Å². The van der Waals surface area contributed by atoms with Gasteiger partial charge in [-0.1, -0.05) is 6.08 Å². The first-order valence-corrected chi connectivity index (χ1v) is 3.46. The Morgan fingerprint density at radius 3 is 2.25 bits per heavy atom. The van der Waals surface area contributed by atoms with Crippen molar-refractivity contribution in [1.82, 2.24) is 0 Å². The molecule has 0 heterocycles. The van der Waals surface area contributed by atoms with Crippen molar-refractivity contribution in [2.75, 3.05) is 0 Å². The lowest BCUT2D eigenvalue weighted by Crippen LogP contribution is -2.51. The van der Waals surface area contributed by atoms with Gasteiger partial charge in [0.1, 0.15) is 0 Å². The predicted octanol–water partition coefficient (Wildman–Crippen LogP) is 2.36. The Morgan fingerprint density at radius 2 is 2.12 bits per heavy atom. The Bertz CT molecular complexity index is 107. The maximum absolute atomic E-state index is 3.75. The van der Waals surface area contributed by atoms with E-state index in [1.165, 1.54) is 25.7 Å². The van der Waals surface area contributed by atoms with Crippen molar-refractivity contribution < 1.29 is 0 Å². The van der Waals surface area contributed by atoms with Gasteiger partial charge in [0, 0.05) is 0 Å². The zero-order valence-corrected chi connectivity index (χ0v) is 5.19. The second-order valence-corrected chi connectivity index (χ2v) is 3.47. The highest BCUT2D eigenvalue weighted by Crippen LogP contribution is 2.66. The van der Waals surface area contributed by atoms with Crippen LogP contribution in [0.15, 0.2) is 12.7 Å². The fraction of sp³-hybridized carbons (Fsp3) is 0.750. The third kappa shape index (κ3) is 0.367. The molecule has 0 N–H and O–H groups in total. The molecule has 0 spiro atoms. The van der Waals surface area contributed by atoms with E-state index in [0.29, 0.717) is 0 Å². The van der Waals surface area contributed by atoms with Gasteiger partial charge >= 0.3 is 0 Å². The molecule has 3 saturated carbocycles. The van der Waals surface area contributed by atoms with E-state index in [-0.39, 0.29) is 0 Å². The summed E-state index contributed by atoms with van der Waals surface area (Å²) >= 11 is 0. The highest BCUT2D eigenvalue weighted by Gasteiger charge is 2.55. The molecule has 0 amide bonds. The van der Waals surface area contributed by atoms with E-state index in [1.807, 2.05) is 0 Å². The standard InChI is InChI=1S/C8H12/c1-2-3-8-4-7(5-8)6-8/h2,7H,1,3-6H2. The highest BCUT2D eigenvalue weighted by molar-refractivity contribution is 5.08. The SMILES string of the molecule is C=CCC12CC(C1)C2. The minimum Gasteiger partial charge on any atom is -0.103 e. The molecule has 0 aromatic carbocycles. The summed E-state index contributed by atoms with van der Waals surface area (Å²) in [5.74, 6) is 1.13. The van der Waals surface area contributed by atoms with Crippen LogP contribution in [-0.2, 0) is 0 Å². The van der Waals surface area contributed by atoms with Gasteiger partial charge in [0.2, 0.25) is 0 Å². The monoisotopic (exact) mass is 108 g/mol. The van der Waals surface area contributed by atoms with Gasteiger partial charge in [-0.3, -0.25) is 0 Å². The Balaban J connectivity index is 1.95. The summed E-state index contributed by atoms with van der Waals surface area (Å²) in [6, 6.07) is 0. The van der Waals surface area contributed by atoms with Crippen LogP contribution in [0.1, 0.15) is 25.7 Å². The van der Waals surface area contributed by atoms with E-state index in [4.69, 9.17) is 0 Å². The average molecular weight is 108 g/mol. The second-order valence-electron chi connectivity index (χ2n) is 3.47. The van der Waals surface area contributed by atoms with Gasteiger partial charge in [-0.25, -0.2) is 0 Å². The molecule has 8 heavy (non-hydrogen) atoms. The Kier molecular flexibility index (Phi) is 0.677. The van der Waals surface area contributed by atoms with Crippen LogP contribution in [0.5, 0.6) is 0 Å². The predicted molar refractivity (Wildman–Crippen MR) is 34.6 cm³/mol. The number of hydrogen-bond donors (Lipinski definition) is 0. The Morgan fingerprint density at radius 1 is 1.50 bits per heavy atom. The van der Waals surface area contributed by atoms with E-state index in [9.17, 15) is 0 Å². The molecule has 44 valence electrons. The molecule has 0 saturated heterocycles. The molecule has 0 aromatic rings. The summed E-state index contributed by atoms with van der Waals surface area (Å²) in [7, 11) is 0. The average Bonchev–Trinajstić information content (AvgIpc) is 1.50. The molecule has 0 unspecified atom stereocenters. The lowest BCUT2D eigenvalue weighted by molar-refractivity contribution is -0.102. The zero-order chi connectivity index (χ0) is 5.61. The van der Waals surface area contributed by atoms with Crippen molar-refractivity contribution in [2.24, 2.45) is 11.3 Å². The van der Waals surface area contributed by atoms with Crippen molar-refractivity contribution in [3.05, 3.63) is 12.7 Å². The summed E-state index contributed by atoms with van der Waals surface area (Å²) in [6.45, 7) is 3.75. The van der Waals surface area contributed by atoms with Crippen LogP contribution in [-0.4, -0.2) is 0 Å². The largest absolute Gasteiger partial charge is 0.103 e. The van der Waals surface area contributed by atoms with Crippen molar-refractivity contribution >= 4 is 0 Å². The smallest absolute Gasteiger partial charge is 0.0255 e. The van der Waals surface area contributed by atoms with Gasteiger partial charge < -0.3 is 0 Å². The third-order valence-electron chi connectivity index (χ3n) is 2.74. The molecule has 0 atom stereocenters. The van der Waals surface area contributed by atoms with Crippen LogP contribution in [0.2, 0.25) is 0 Å². The molecule has 0 nitrogen and oxygen atoms in total. The normalized spacial score (nSPS) is 49.2. The van der Waals surface area contributed by atoms with E-state index < -0.39 is 0 Å². The molecule has 3 aliphatic carbocycles. The first kappa shape index (κ1) is 4.60. The van der Waals surface area contributed by atoms with Crippen molar-refractivity contribution in [1.29, 1.82) is 0 Å². The van der Waals surface area contributed by atoms with E-state index in [1.54, 1.807) is 0 Å². The zero-order valence-electron chi connectivity index (χ0n) is 5.19. The van der Waals surface area contributed by atoms with Crippen LogP contribution in [0.25, 0.3) is 0 Å². The molecule has 2 bridgehead atoms. The maximum atomic E-state index is 3.75. The van der Waals surface area contributed by atoms with E-state index in [0.717, 1.165) is 11.3 Å². The van der Waals surface area contributed by atoms with Crippen LogP contribution < -0.4 is 0 Å². The van der Waals surface area contributed by atoms with Gasteiger partial charge in [0.05, 0.1) is 0 Å². The molecule has 0 aromatic heterocycles. The topological polar surface area (TPSA) is 0 Å². The molecule has 3 fully saturated rings. The number of rotatable bonds is 2. The first-order valence-electron chi connectivity index (χ1n) is 3.46. The summed E-state index contributed by atoms with van der Waals surface area (Å²) < 4.78 is 0. The van der Waals surface area contributed by atoms with Gasteiger partial charge in [-0.15, -0.1) is 6.58 Å². The quantitative estimate of drug-likeness (QED) is 0.476. The van der Waals surface area contributed by atoms with Crippen LogP contribution in [0.3, 0.4) is 0 Å². The lowest BCUT2D eigenvalue weighted by atomic mass is 9.43. The summed E-state index contributed by atoms with van der Waals surface area (Å²) in [6.07, 6.45) is 7.90. The number of allylic oxidation sites excluding steroid dienone is 1. The number of hydrogen-bond acceptors (Lipinski definition) is 0. The van der Waals surface area contributed by atoms with Gasteiger partial charge in [0.25, 0.3) is 0 Å². The summed E-state index contributed by atoms with van der Waals surface area (Å²) in [5.41, 5.74) is 0.798. The van der Waals surface area contributed by atoms with Crippen molar-refractivity contribution in [3.8, 4) is 0 Å². The molecule has 3 rings (SSSR count). The molecule has 0 aliphatic heterocycles. The summed E-state index contributed by atoms with van der Waals surface area (Å²) in [4.78, 5) is 0. The first-order chi connectivity index (χ1) is 3.85. The Hall–Kier alpha value is -0.260. The Labute approximate surface area is 50.6 Å². The van der Waals surface area contributed by atoms with E-state index in [2.05, 4.69) is 12.7 Å². The molecule has 0 heteroatoms. The third-order valence-corrected chi connectivity index (χ3v) is 2.74. The fourth-order valence-electron chi connectivity index (χ4n) is 2.21. The summed E-state index contributed by atoms with van der Waals surface area (Å²) in [5, 5.41) is 0. The highest BCUT2D eigenvalue weighted by atomic mass is 14.6. The molecule has 0 radical (unpaired) electrons. The van der Waals surface area contributed by atoms with Crippen LogP contribution in [0.4, 0.5) is 0 Å². The minimum atomic E-state index is 0.798. The molecule has 3 aliphatic rings. The van der Waals surface area contributed by atoms with Gasteiger partial charge in [-0.2, -0.15) is 0 Å². The van der Waals surface area contributed by atoms with Gasteiger partial charge in [-0.05, 0) is 37.0 Å². The minimum absolute atomic E-state index is 0.798. The van der Waals surface area contributed by atoms with E-state index >= 15 is 0 Å². The fourth-order valence-corrected chi connectivity index (χ4v) is 2.21. The van der Waals surface area contributed by atoms with Gasteiger partial charge in [0.15, 0.2) is 0 Å². The lowest BCUT2D eigenvalue weighted by Gasteiger charge is -2.62. The van der Waals surface area contributed by atoms with Crippen LogP contribution in [0, 0.1) is 11.3 Å². The maximum Gasteiger partial charge on any atom is -0.0255 e. The molecular weight excluding hydrogens is 96.1 g/mol. The van der Waals surface area contributed by atoms with Crippen molar-refractivity contribution in [2.45, 2.75) is 25.7 Å². The molecular formula is C8H12. The van der Waals surface area contributed by atoms with Crippen molar-refractivity contribution in [3.63, 3.8) is 0 Å².